The molecule has 0 saturated carbocycles. The van der Waals surface area contributed by atoms with Gasteiger partial charge >= 0.3 is 0 Å². The average molecular weight is 328 g/mol. The van der Waals surface area contributed by atoms with Gasteiger partial charge in [-0.05, 0) is 29.6 Å². The number of thiophene rings is 1. The third-order valence-corrected chi connectivity index (χ3v) is 4.73. The first-order chi connectivity index (χ1) is 11.2. The number of hydrogen-bond donors (Lipinski definition) is 1. The summed E-state index contributed by atoms with van der Waals surface area (Å²) in [6.45, 7) is 0.911. The van der Waals surface area contributed by atoms with Gasteiger partial charge in [0.05, 0.1) is 16.8 Å². The number of amides is 1. The summed E-state index contributed by atoms with van der Waals surface area (Å²) in [4.78, 5) is 17.4. The van der Waals surface area contributed by atoms with Crippen LogP contribution in [0.4, 0.5) is 0 Å². The maximum absolute atomic E-state index is 12.5. The minimum Gasteiger partial charge on any atom is -0.486 e. The molecule has 6 heteroatoms. The molecule has 3 heterocycles. The molecule has 23 heavy (non-hydrogen) atoms. The highest BCUT2D eigenvalue weighted by atomic mass is 32.1. The number of aromatic nitrogens is 1. The molecule has 4 rings (SSSR count). The molecule has 3 aromatic rings. The van der Waals surface area contributed by atoms with Crippen LogP contribution in [0, 0.1) is 0 Å². The quantitative estimate of drug-likeness (QED) is 0.803. The monoisotopic (exact) mass is 328 g/mol. The van der Waals surface area contributed by atoms with Crippen molar-refractivity contribution in [3.05, 3.63) is 47.5 Å². The first-order valence-corrected chi connectivity index (χ1v) is 8.29. The van der Waals surface area contributed by atoms with Crippen LogP contribution < -0.4 is 9.47 Å². The molecule has 0 radical (unpaired) electrons. The van der Waals surface area contributed by atoms with Crippen LogP contribution in [-0.4, -0.2) is 42.1 Å². The van der Waals surface area contributed by atoms with Crippen molar-refractivity contribution in [2.75, 3.05) is 20.2 Å². The molecule has 0 bridgehead atoms. The first kappa shape index (κ1) is 14.1. The van der Waals surface area contributed by atoms with E-state index < -0.39 is 0 Å². The fourth-order valence-corrected chi connectivity index (χ4v) is 3.49. The van der Waals surface area contributed by atoms with E-state index in [2.05, 4.69) is 4.98 Å². The van der Waals surface area contributed by atoms with Gasteiger partial charge in [0.2, 0.25) is 0 Å². The molecule has 1 aromatic carbocycles. The lowest BCUT2D eigenvalue weighted by molar-refractivity contribution is 0.0518. The highest BCUT2D eigenvalue weighted by Crippen LogP contribution is 2.31. The SMILES string of the molecule is CN(CC1COc2ccccc2O1)C(=O)c1cc2sccc2[nH]1. The Morgan fingerprint density at radius 2 is 2.17 bits per heavy atom. The Kier molecular flexibility index (Phi) is 3.46. The number of nitrogens with zero attached hydrogens (tertiary/aromatic N) is 1. The fraction of sp³-hybridized carbons (Fsp3) is 0.235. The molecule has 1 N–H and O–H groups in total. The lowest BCUT2D eigenvalue weighted by Gasteiger charge is -2.29. The Bertz CT molecular complexity index is 826. The number of carbonyl (C=O) groups is 1. The van der Waals surface area contributed by atoms with Crippen molar-refractivity contribution < 1.29 is 14.3 Å². The van der Waals surface area contributed by atoms with Gasteiger partial charge in [0.25, 0.3) is 5.91 Å². The molecule has 1 amide bonds. The second-order valence-corrected chi connectivity index (χ2v) is 6.51. The molecule has 0 saturated heterocycles. The molecule has 1 atom stereocenters. The average Bonchev–Trinajstić information content (AvgIpc) is 3.15. The molecule has 2 aromatic heterocycles. The fourth-order valence-electron chi connectivity index (χ4n) is 2.71. The van der Waals surface area contributed by atoms with Crippen LogP contribution in [0.1, 0.15) is 10.5 Å². The minimum atomic E-state index is -0.171. The highest BCUT2D eigenvalue weighted by molar-refractivity contribution is 7.17. The van der Waals surface area contributed by atoms with Gasteiger partial charge in [-0.15, -0.1) is 11.3 Å². The first-order valence-electron chi connectivity index (χ1n) is 7.41. The van der Waals surface area contributed by atoms with Crippen LogP contribution in [0.5, 0.6) is 11.5 Å². The van der Waals surface area contributed by atoms with Crippen molar-refractivity contribution >= 4 is 27.5 Å². The zero-order chi connectivity index (χ0) is 15.8. The minimum absolute atomic E-state index is 0.0455. The van der Waals surface area contributed by atoms with Crippen LogP contribution in [0.2, 0.25) is 0 Å². The molecule has 0 spiro atoms. The van der Waals surface area contributed by atoms with Gasteiger partial charge in [-0.25, -0.2) is 0 Å². The van der Waals surface area contributed by atoms with Crippen molar-refractivity contribution in [3.8, 4) is 11.5 Å². The van der Waals surface area contributed by atoms with Crippen molar-refractivity contribution in [2.24, 2.45) is 0 Å². The van der Waals surface area contributed by atoms with Crippen molar-refractivity contribution in [1.82, 2.24) is 9.88 Å². The standard InChI is InChI=1S/C17H16N2O3S/c1-19(17(20)13-8-16-12(18-13)6-7-23-16)9-11-10-21-14-4-2-3-5-15(14)22-11/h2-8,11,18H,9-10H2,1H3. The number of carbonyl (C=O) groups excluding carboxylic acids is 1. The Morgan fingerprint density at radius 3 is 3.00 bits per heavy atom. The zero-order valence-corrected chi connectivity index (χ0v) is 13.4. The largest absolute Gasteiger partial charge is 0.486 e. The van der Waals surface area contributed by atoms with Gasteiger partial charge < -0.3 is 19.4 Å². The number of likely N-dealkylation sites (N-methyl/N-ethyl adjacent to an activating group) is 1. The van der Waals surface area contributed by atoms with E-state index in [1.807, 2.05) is 41.8 Å². The van der Waals surface area contributed by atoms with Crippen LogP contribution in [0.3, 0.4) is 0 Å². The van der Waals surface area contributed by atoms with Gasteiger partial charge in [0, 0.05) is 7.05 Å². The zero-order valence-electron chi connectivity index (χ0n) is 12.6. The number of H-pyrrole nitrogens is 1. The number of para-hydroxylation sites is 2. The lowest BCUT2D eigenvalue weighted by atomic mass is 10.2. The molecule has 5 nitrogen and oxygen atoms in total. The summed E-state index contributed by atoms with van der Waals surface area (Å²) >= 11 is 1.62. The molecule has 0 aliphatic carbocycles. The lowest BCUT2D eigenvalue weighted by Crippen LogP contribution is -2.41. The summed E-state index contributed by atoms with van der Waals surface area (Å²) in [6.07, 6.45) is -0.171. The van der Waals surface area contributed by atoms with Gasteiger partial charge in [0.1, 0.15) is 12.3 Å². The number of fused-ring (bicyclic) bond motifs is 2. The number of ether oxygens (including phenoxy) is 2. The van der Waals surface area contributed by atoms with E-state index >= 15 is 0 Å². The Labute approximate surface area is 137 Å². The normalized spacial score (nSPS) is 16.5. The molecule has 0 fully saturated rings. The maximum atomic E-state index is 12.5. The summed E-state index contributed by atoms with van der Waals surface area (Å²) in [6, 6.07) is 11.5. The summed E-state index contributed by atoms with van der Waals surface area (Å²) in [5, 5.41) is 2.00. The molecule has 1 aliphatic heterocycles. The van der Waals surface area contributed by atoms with E-state index in [1.165, 1.54) is 0 Å². The number of nitrogens with one attached hydrogen (secondary N) is 1. The molecule has 118 valence electrons. The Balaban J connectivity index is 1.44. The third-order valence-electron chi connectivity index (χ3n) is 3.86. The van der Waals surface area contributed by atoms with Gasteiger partial charge in [-0.2, -0.15) is 0 Å². The second kappa shape index (κ2) is 5.62. The predicted molar refractivity (Wildman–Crippen MR) is 89.5 cm³/mol. The maximum Gasteiger partial charge on any atom is 0.270 e. The van der Waals surface area contributed by atoms with Gasteiger partial charge in [-0.1, -0.05) is 12.1 Å². The van der Waals surface area contributed by atoms with E-state index in [9.17, 15) is 4.79 Å². The predicted octanol–water partition coefficient (Wildman–Crippen LogP) is 3.14. The van der Waals surface area contributed by atoms with Crippen LogP contribution in [0.15, 0.2) is 41.8 Å². The van der Waals surface area contributed by atoms with Crippen LogP contribution in [-0.2, 0) is 0 Å². The van der Waals surface area contributed by atoms with Crippen LogP contribution in [0.25, 0.3) is 10.2 Å². The molecular weight excluding hydrogens is 312 g/mol. The van der Waals surface area contributed by atoms with Gasteiger partial charge in [0.15, 0.2) is 17.6 Å². The summed E-state index contributed by atoms with van der Waals surface area (Å²) < 4.78 is 12.7. The second-order valence-electron chi connectivity index (χ2n) is 5.56. The molecule has 1 aliphatic rings. The summed E-state index contributed by atoms with van der Waals surface area (Å²) in [5.41, 5.74) is 1.60. The van der Waals surface area contributed by atoms with Crippen molar-refractivity contribution in [3.63, 3.8) is 0 Å². The summed E-state index contributed by atoms with van der Waals surface area (Å²) in [7, 11) is 1.78. The van der Waals surface area contributed by atoms with Gasteiger partial charge in [-0.3, -0.25) is 4.79 Å². The number of hydrogen-bond acceptors (Lipinski definition) is 4. The van der Waals surface area contributed by atoms with E-state index in [0.717, 1.165) is 21.7 Å². The highest BCUT2D eigenvalue weighted by Gasteiger charge is 2.24. The van der Waals surface area contributed by atoms with E-state index in [0.29, 0.717) is 18.8 Å². The molecular formula is C17H16N2O3S. The van der Waals surface area contributed by atoms with Crippen molar-refractivity contribution in [2.45, 2.75) is 6.10 Å². The van der Waals surface area contributed by atoms with E-state index in [4.69, 9.17) is 9.47 Å². The van der Waals surface area contributed by atoms with E-state index in [1.54, 1.807) is 23.3 Å². The summed E-state index contributed by atoms with van der Waals surface area (Å²) in [5.74, 6) is 1.43. The number of benzene rings is 1. The third kappa shape index (κ3) is 2.66. The van der Waals surface area contributed by atoms with Crippen LogP contribution >= 0.6 is 11.3 Å². The van der Waals surface area contributed by atoms with Crippen molar-refractivity contribution in [1.29, 1.82) is 0 Å². The molecule has 1 unspecified atom stereocenters. The smallest absolute Gasteiger partial charge is 0.270 e. The Hall–Kier alpha value is -2.47. The van der Waals surface area contributed by atoms with E-state index in [-0.39, 0.29) is 12.0 Å². The number of aromatic amines is 1. The topological polar surface area (TPSA) is 54.6 Å². The number of rotatable bonds is 3. The Morgan fingerprint density at radius 1 is 1.35 bits per heavy atom.